The van der Waals surface area contributed by atoms with E-state index < -0.39 is 11.9 Å². The highest BCUT2D eigenvalue weighted by Crippen LogP contribution is 2.40. The van der Waals surface area contributed by atoms with E-state index in [-0.39, 0.29) is 34.9 Å². The Kier molecular flexibility index (Phi) is 4.88. The average molecular weight is 392 g/mol. The van der Waals surface area contributed by atoms with Crippen molar-refractivity contribution < 1.29 is 24.3 Å². The number of imide groups is 1. The van der Waals surface area contributed by atoms with Crippen LogP contribution in [0.4, 0.5) is 11.4 Å². The SMILES string of the molecule is O=C(Nc1ccccc1C(=O)O)c1ccc(N2C(=O)[C@H]3CCCC[C@@H]3C2=O)cc1. The lowest BCUT2D eigenvalue weighted by Crippen LogP contribution is -2.30. The molecule has 2 N–H and O–H groups in total. The molecule has 4 rings (SSSR count). The van der Waals surface area contributed by atoms with Crippen molar-refractivity contribution >= 4 is 35.1 Å². The quantitative estimate of drug-likeness (QED) is 0.777. The number of hydrogen-bond acceptors (Lipinski definition) is 4. The molecule has 1 saturated heterocycles. The third kappa shape index (κ3) is 3.40. The molecular weight excluding hydrogens is 372 g/mol. The normalized spacial score (nSPS) is 21.0. The molecule has 0 radical (unpaired) electrons. The second-order valence-electron chi connectivity index (χ2n) is 7.36. The molecule has 2 atom stereocenters. The van der Waals surface area contributed by atoms with Crippen LogP contribution in [0.3, 0.4) is 0 Å². The number of carbonyl (C=O) groups excluding carboxylic acids is 3. The summed E-state index contributed by atoms with van der Waals surface area (Å²) in [4.78, 5) is 50.4. The van der Waals surface area contributed by atoms with Crippen molar-refractivity contribution in [2.45, 2.75) is 25.7 Å². The number of benzene rings is 2. The molecule has 2 aromatic rings. The van der Waals surface area contributed by atoms with Gasteiger partial charge in [-0.3, -0.25) is 19.3 Å². The van der Waals surface area contributed by atoms with Gasteiger partial charge in [0.2, 0.25) is 11.8 Å². The zero-order chi connectivity index (χ0) is 20.5. The highest BCUT2D eigenvalue weighted by atomic mass is 16.4. The number of anilines is 2. The van der Waals surface area contributed by atoms with Gasteiger partial charge in [0.15, 0.2) is 0 Å². The van der Waals surface area contributed by atoms with Crippen molar-refractivity contribution in [3.8, 4) is 0 Å². The van der Waals surface area contributed by atoms with Crippen molar-refractivity contribution in [3.63, 3.8) is 0 Å². The number of fused-ring (bicyclic) bond motifs is 1. The maximum Gasteiger partial charge on any atom is 0.337 e. The predicted octanol–water partition coefficient (Wildman–Crippen LogP) is 3.32. The fraction of sp³-hybridized carbons (Fsp3) is 0.273. The molecule has 1 heterocycles. The van der Waals surface area contributed by atoms with Crippen molar-refractivity contribution in [2.75, 3.05) is 10.2 Å². The molecule has 0 bridgehead atoms. The van der Waals surface area contributed by atoms with E-state index in [0.29, 0.717) is 11.3 Å². The Morgan fingerprint density at radius 2 is 1.48 bits per heavy atom. The smallest absolute Gasteiger partial charge is 0.337 e. The molecule has 1 aliphatic heterocycles. The Morgan fingerprint density at radius 3 is 2.07 bits per heavy atom. The van der Waals surface area contributed by atoms with Crippen molar-refractivity contribution in [3.05, 3.63) is 59.7 Å². The minimum atomic E-state index is -1.14. The number of aromatic carboxylic acids is 1. The second kappa shape index (κ2) is 7.50. The van der Waals surface area contributed by atoms with Gasteiger partial charge in [-0.2, -0.15) is 0 Å². The van der Waals surface area contributed by atoms with E-state index in [1.54, 1.807) is 24.3 Å². The van der Waals surface area contributed by atoms with Crippen LogP contribution < -0.4 is 10.2 Å². The maximum atomic E-state index is 12.7. The van der Waals surface area contributed by atoms with E-state index in [1.807, 2.05) is 0 Å². The van der Waals surface area contributed by atoms with Gasteiger partial charge in [-0.05, 0) is 49.2 Å². The van der Waals surface area contributed by atoms with Crippen molar-refractivity contribution in [2.24, 2.45) is 11.8 Å². The van der Waals surface area contributed by atoms with E-state index >= 15 is 0 Å². The zero-order valence-corrected chi connectivity index (χ0v) is 15.6. The third-order valence-corrected chi connectivity index (χ3v) is 5.63. The lowest BCUT2D eigenvalue weighted by Gasteiger charge is -2.19. The minimum Gasteiger partial charge on any atom is -0.478 e. The van der Waals surface area contributed by atoms with Gasteiger partial charge in [0.1, 0.15) is 0 Å². The molecule has 7 heteroatoms. The number of carboxylic acids is 1. The van der Waals surface area contributed by atoms with Gasteiger partial charge in [0.25, 0.3) is 5.91 Å². The summed E-state index contributed by atoms with van der Waals surface area (Å²) < 4.78 is 0. The first-order valence-corrected chi connectivity index (χ1v) is 9.59. The van der Waals surface area contributed by atoms with Crippen LogP contribution in [0.15, 0.2) is 48.5 Å². The molecule has 0 spiro atoms. The fourth-order valence-corrected chi connectivity index (χ4v) is 4.15. The van der Waals surface area contributed by atoms with Crippen molar-refractivity contribution in [1.82, 2.24) is 0 Å². The first kappa shape index (κ1) is 18.9. The number of hydrogen-bond donors (Lipinski definition) is 2. The molecule has 0 aromatic heterocycles. The largest absolute Gasteiger partial charge is 0.478 e. The topological polar surface area (TPSA) is 104 Å². The Balaban J connectivity index is 1.53. The Hall–Kier alpha value is -3.48. The van der Waals surface area contributed by atoms with Gasteiger partial charge in [-0.25, -0.2) is 4.79 Å². The van der Waals surface area contributed by atoms with Crippen LogP contribution in [-0.2, 0) is 9.59 Å². The highest BCUT2D eigenvalue weighted by molar-refractivity contribution is 6.22. The van der Waals surface area contributed by atoms with E-state index in [0.717, 1.165) is 25.7 Å². The summed E-state index contributed by atoms with van der Waals surface area (Å²) in [6.07, 6.45) is 3.42. The molecular formula is C22H20N2O5. The summed E-state index contributed by atoms with van der Waals surface area (Å²) in [5.41, 5.74) is 0.943. The third-order valence-electron chi connectivity index (χ3n) is 5.63. The van der Waals surface area contributed by atoms with Crippen LogP contribution >= 0.6 is 0 Å². The van der Waals surface area contributed by atoms with E-state index in [1.165, 1.54) is 29.2 Å². The van der Waals surface area contributed by atoms with Gasteiger partial charge >= 0.3 is 5.97 Å². The number of para-hydroxylation sites is 1. The molecule has 7 nitrogen and oxygen atoms in total. The van der Waals surface area contributed by atoms with Crippen LogP contribution in [0.5, 0.6) is 0 Å². The van der Waals surface area contributed by atoms with Crippen LogP contribution in [-0.4, -0.2) is 28.8 Å². The Morgan fingerprint density at radius 1 is 0.897 bits per heavy atom. The van der Waals surface area contributed by atoms with E-state index in [2.05, 4.69) is 5.32 Å². The minimum absolute atomic E-state index is 0.00617. The number of amides is 3. The molecule has 2 aromatic carbocycles. The standard InChI is InChI=1S/C22H20N2O5/c25-19(23-18-8-4-3-7-17(18)22(28)29)13-9-11-14(12-10-13)24-20(26)15-5-1-2-6-16(15)21(24)27/h3-4,7-12,15-16H,1-2,5-6H2,(H,23,25)(H,28,29)/t15-,16-/m0/s1. The molecule has 29 heavy (non-hydrogen) atoms. The predicted molar refractivity (Wildman–Crippen MR) is 106 cm³/mol. The van der Waals surface area contributed by atoms with E-state index in [4.69, 9.17) is 0 Å². The number of nitrogens with zero attached hydrogens (tertiary/aromatic N) is 1. The van der Waals surface area contributed by atoms with Crippen LogP contribution in [0.2, 0.25) is 0 Å². The maximum absolute atomic E-state index is 12.7. The van der Waals surface area contributed by atoms with Crippen LogP contribution in [0.25, 0.3) is 0 Å². The lowest BCUT2D eigenvalue weighted by atomic mass is 9.81. The molecule has 148 valence electrons. The summed E-state index contributed by atoms with van der Waals surface area (Å²) in [7, 11) is 0. The Labute approximate surface area is 167 Å². The number of rotatable bonds is 4. The molecule has 2 fully saturated rings. The van der Waals surface area contributed by atoms with Crippen LogP contribution in [0.1, 0.15) is 46.4 Å². The number of carbonyl (C=O) groups is 4. The van der Waals surface area contributed by atoms with Gasteiger partial charge < -0.3 is 10.4 Å². The summed E-state index contributed by atoms with van der Waals surface area (Å²) in [5.74, 6) is -2.39. The first-order valence-electron chi connectivity index (χ1n) is 9.59. The van der Waals surface area contributed by atoms with Crippen LogP contribution in [0, 0.1) is 11.8 Å². The zero-order valence-electron chi connectivity index (χ0n) is 15.6. The van der Waals surface area contributed by atoms with Gasteiger partial charge in [-0.1, -0.05) is 25.0 Å². The summed E-state index contributed by atoms with van der Waals surface area (Å²) in [6, 6.07) is 12.3. The summed E-state index contributed by atoms with van der Waals surface area (Å²) in [6.45, 7) is 0. The first-order chi connectivity index (χ1) is 14.0. The molecule has 2 aliphatic rings. The Bertz CT molecular complexity index is 975. The second-order valence-corrected chi connectivity index (χ2v) is 7.36. The molecule has 1 saturated carbocycles. The summed E-state index contributed by atoms with van der Waals surface area (Å²) >= 11 is 0. The van der Waals surface area contributed by atoms with Gasteiger partial charge in [0, 0.05) is 5.56 Å². The average Bonchev–Trinajstić information content (AvgIpc) is 2.99. The monoisotopic (exact) mass is 392 g/mol. The lowest BCUT2D eigenvalue weighted by molar-refractivity contribution is -0.122. The molecule has 3 amide bonds. The van der Waals surface area contributed by atoms with Gasteiger partial charge in [0.05, 0.1) is 28.8 Å². The summed E-state index contributed by atoms with van der Waals surface area (Å²) in [5, 5.41) is 11.8. The highest BCUT2D eigenvalue weighted by Gasteiger charge is 2.48. The molecule has 0 unspecified atom stereocenters. The number of carboxylic acid groups (broad SMARTS) is 1. The van der Waals surface area contributed by atoms with Gasteiger partial charge in [-0.15, -0.1) is 0 Å². The fourth-order valence-electron chi connectivity index (χ4n) is 4.15. The van der Waals surface area contributed by atoms with Crippen molar-refractivity contribution in [1.29, 1.82) is 0 Å². The number of nitrogens with one attached hydrogen (secondary N) is 1. The molecule has 1 aliphatic carbocycles. The van der Waals surface area contributed by atoms with E-state index in [9.17, 15) is 24.3 Å².